The Kier molecular flexibility index (Phi) is 5.09. The van der Waals surface area contributed by atoms with Crippen molar-refractivity contribution in [3.63, 3.8) is 0 Å². The number of hydrogen-bond donors (Lipinski definition) is 1. The third-order valence-electron chi connectivity index (χ3n) is 4.86. The third-order valence-corrected chi connectivity index (χ3v) is 5.10. The molecule has 0 aliphatic rings. The molecule has 0 aliphatic carbocycles. The molecule has 0 unspecified atom stereocenters. The van der Waals surface area contributed by atoms with Gasteiger partial charge in [0, 0.05) is 34.7 Å². The summed E-state index contributed by atoms with van der Waals surface area (Å²) in [6.07, 6.45) is 6.13. The standard InChI is InChI=1S/C21H13ClF2N6O3/c22-12-2-3-17(33-21(23)24)15(7-12)30-16-6-11(9-26-19(16)14(28-30)8-18(31)32)13-10-27-29-5-1-4-25-20(13)29/h1-7,9-10,21H,8H2,(H,31,32). The van der Waals surface area contributed by atoms with Gasteiger partial charge >= 0.3 is 12.6 Å². The number of aliphatic carboxylic acids is 1. The number of carbonyl (C=O) groups is 1. The summed E-state index contributed by atoms with van der Waals surface area (Å²) in [7, 11) is 0. The van der Waals surface area contributed by atoms with E-state index < -0.39 is 19.0 Å². The minimum Gasteiger partial charge on any atom is -0.481 e. The van der Waals surface area contributed by atoms with Crippen molar-refractivity contribution in [2.75, 3.05) is 0 Å². The van der Waals surface area contributed by atoms with E-state index in [1.807, 2.05) is 0 Å². The summed E-state index contributed by atoms with van der Waals surface area (Å²) in [6, 6.07) is 7.54. The van der Waals surface area contributed by atoms with Gasteiger partial charge in [0.2, 0.25) is 0 Å². The van der Waals surface area contributed by atoms with Crippen molar-refractivity contribution in [1.29, 1.82) is 0 Å². The molecular weight excluding hydrogens is 458 g/mol. The van der Waals surface area contributed by atoms with Gasteiger partial charge in [0.15, 0.2) is 11.4 Å². The second-order valence-corrected chi connectivity index (χ2v) is 7.39. The van der Waals surface area contributed by atoms with Crippen LogP contribution < -0.4 is 4.74 Å². The lowest BCUT2D eigenvalue weighted by Gasteiger charge is -2.12. The molecule has 9 nitrogen and oxygen atoms in total. The van der Waals surface area contributed by atoms with Crippen LogP contribution in [0.25, 0.3) is 33.5 Å². The van der Waals surface area contributed by atoms with E-state index in [1.165, 1.54) is 22.9 Å². The van der Waals surface area contributed by atoms with Gasteiger partial charge in [-0.3, -0.25) is 9.78 Å². The molecule has 1 N–H and O–H groups in total. The molecule has 0 aliphatic heterocycles. The molecule has 0 bridgehead atoms. The fourth-order valence-electron chi connectivity index (χ4n) is 3.53. The summed E-state index contributed by atoms with van der Waals surface area (Å²) < 4.78 is 33.6. The number of benzene rings is 1. The Hall–Kier alpha value is -4.12. The van der Waals surface area contributed by atoms with E-state index in [9.17, 15) is 18.7 Å². The fourth-order valence-corrected chi connectivity index (χ4v) is 3.70. The lowest BCUT2D eigenvalue weighted by Crippen LogP contribution is -2.07. The first-order chi connectivity index (χ1) is 15.9. The second kappa shape index (κ2) is 8.10. The summed E-state index contributed by atoms with van der Waals surface area (Å²) in [5.74, 6) is -1.29. The lowest BCUT2D eigenvalue weighted by molar-refractivity contribution is -0.136. The first-order valence-corrected chi connectivity index (χ1v) is 9.91. The number of nitrogens with zero attached hydrogens (tertiary/aromatic N) is 6. The number of fused-ring (bicyclic) bond motifs is 2. The molecule has 4 aromatic heterocycles. The van der Waals surface area contributed by atoms with Crippen LogP contribution in [0.4, 0.5) is 8.78 Å². The molecule has 0 saturated carbocycles. The topological polar surface area (TPSA) is 107 Å². The van der Waals surface area contributed by atoms with Gasteiger partial charge in [-0.1, -0.05) is 11.6 Å². The number of pyridine rings is 1. The average Bonchev–Trinajstić information content (AvgIpc) is 3.36. The number of carboxylic acid groups (broad SMARTS) is 1. The highest BCUT2D eigenvalue weighted by atomic mass is 35.5. The normalized spacial score (nSPS) is 11.5. The van der Waals surface area contributed by atoms with E-state index >= 15 is 0 Å². The number of hydrogen-bond acceptors (Lipinski definition) is 6. The molecule has 33 heavy (non-hydrogen) atoms. The van der Waals surface area contributed by atoms with E-state index in [2.05, 4.69) is 24.9 Å². The predicted molar refractivity (Wildman–Crippen MR) is 114 cm³/mol. The molecular formula is C21H13ClF2N6O3. The van der Waals surface area contributed by atoms with Crippen LogP contribution in [-0.4, -0.2) is 47.0 Å². The Balaban J connectivity index is 1.76. The van der Waals surface area contributed by atoms with Gasteiger partial charge in [-0.25, -0.2) is 14.2 Å². The number of ether oxygens (including phenoxy) is 1. The molecule has 0 spiro atoms. The minimum atomic E-state index is -3.08. The van der Waals surface area contributed by atoms with Crippen LogP contribution in [0, 0.1) is 0 Å². The summed E-state index contributed by atoms with van der Waals surface area (Å²) in [6.45, 7) is -3.08. The summed E-state index contributed by atoms with van der Waals surface area (Å²) in [4.78, 5) is 20.1. The molecule has 166 valence electrons. The van der Waals surface area contributed by atoms with Crippen molar-refractivity contribution in [2.24, 2.45) is 0 Å². The van der Waals surface area contributed by atoms with Crippen LogP contribution >= 0.6 is 11.6 Å². The lowest BCUT2D eigenvalue weighted by atomic mass is 10.1. The summed E-state index contributed by atoms with van der Waals surface area (Å²) in [5, 5.41) is 18.2. The van der Waals surface area contributed by atoms with E-state index in [-0.39, 0.29) is 22.2 Å². The Labute approximate surface area is 188 Å². The molecule has 5 aromatic rings. The van der Waals surface area contributed by atoms with E-state index in [4.69, 9.17) is 11.6 Å². The first-order valence-electron chi connectivity index (χ1n) is 9.53. The zero-order chi connectivity index (χ0) is 23.1. The van der Waals surface area contributed by atoms with Gasteiger partial charge in [0.1, 0.15) is 16.9 Å². The predicted octanol–water partition coefficient (Wildman–Crippen LogP) is 4.01. The molecule has 1 aromatic carbocycles. The van der Waals surface area contributed by atoms with Gasteiger partial charge in [-0.15, -0.1) is 0 Å². The molecule has 0 fully saturated rings. The molecule has 12 heteroatoms. The van der Waals surface area contributed by atoms with Crippen molar-refractivity contribution in [3.05, 3.63) is 65.8 Å². The van der Waals surface area contributed by atoms with Crippen LogP contribution in [0.3, 0.4) is 0 Å². The molecule has 0 amide bonds. The van der Waals surface area contributed by atoms with Gasteiger partial charge in [0.05, 0.1) is 18.1 Å². The summed E-state index contributed by atoms with van der Waals surface area (Å²) >= 11 is 6.11. The molecule has 0 radical (unpaired) electrons. The number of carboxylic acids is 1. The van der Waals surface area contributed by atoms with Crippen molar-refractivity contribution in [2.45, 2.75) is 13.0 Å². The Morgan fingerprint density at radius 3 is 2.85 bits per heavy atom. The highest BCUT2D eigenvalue weighted by Gasteiger charge is 2.21. The Morgan fingerprint density at radius 1 is 1.21 bits per heavy atom. The molecule has 5 rings (SSSR count). The van der Waals surface area contributed by atoms with Crippen LogP contribution in [0.2, 0.25) is 5.02 Å². The van der Waals surface area contributed by atoms with Crippen molar-refractivity contribution in [3.8, 4) is 22.6 Å². The van der Waals surface area contributed by atoms with Gasteiger partial charge < -0.3 is 9.84 Å². The fraction of sp³-hybridized carbons (Fsp3) is 0.0952. The van der Waals surface area contributed by atoms with Crippen LogP contribution in [-0.2, 0) is 11.2 Å². The smallest absolute Gasteiger partial charge is 0.387 e. The minimum absolute atomic E-state index is 0.112. The van der Waals surface area contributed by atoms with Gasteiger partial charge in [-0.05, 0) is 30.3 Å². The molecule has 4 heterocycles. The first kappa shape index (κ1) is 20.8. The van der Waals surface area contributed by atoms with Crippen molar-refractivity contribution in [1.82, 2.24) is 29.4 Å². The van der Waals surface area contributed by atoms with Crippen molar-refractivity contribution < 1.29 is 23.4 Å². The average molecular weight is 471 g/mol. The maximum atomic E-state index is 13.0. The SMILES string of the molecule is O=C(O)Cc1nn(-c2cc(Cl)ccc2OC(F)F)c2cc(-c3cnn4cccnc34)cnc12. The monoisotopic (exact) mass is 470 g/mol. The second-order valence-electron chi connectivity index (χ2n) is 6.96. The van der Waals surface area contributed by atoms with Gasteiger partial charge in [0.25, 0.3) is 0 Å². The zero-order valence-corrected chi connectivity index (χ0v) is 17.3. The zero-order valence-electron chi connectivity index (χ0n) is 16.6. The highest BCUT2D eigenvalue weighted by Crippen LogP contribution is 2.33. The van der Waals surface area contributed by atoms with E-state index in [0.29, 0.717) is 27.8 Å². The molecule has 0 saturated heterocycles. The maximum absolute atomic E-state index is 13.0. The Bertz CT molecular complexity index is 1520. The van der Waals surface area contributed by atoms with Crippen LogP contribution in [0.15, 0.2) is 55.1 Å². The highest BCUT2D eigenvalue weighted by molar-refractivity contribution is 6.30. The molecule has 0 atom stereocenters. The van der Waals surface area contributed by atoms with Crippen molar-refractivity contribution >= 4 is 34.3 Å². The largest absolute Gasteiger partial charge is 0.481 e. The third kappa shape index (κ3) is 3.82. The van der Waals surface area contributed by atoms with Gasteiger partial charge in [-0.2, -0.15) is 19.0 Å². The number of halogens is 3. The van der Waals surface area contributed by atoms with E-state index in [1.54, 1.807) is 41.4 Å². The van der Waals surface area contributed by atoms with Crippen LogP contribution in [0.1, 0.15) is 5.69 Å². The quantitative estimate of drug-likeness (QED) is 0.399. The maximum Gasteiger partial charge on any atom is 0.387 e. The van der Waals surface area contributed by atoms with Crippen LogP contribution in [0.5, 0.6) is 5.75 Å². The number of aromatic nitrogens is 6. The number of alkyl halides is 2. The number of rotatable bonds is 6. The van der Waals surface area contributed by atoms with E-state index in [0.717, 1.165) is 0 Å². The Morgan fingerprint density at radius 2 is 2.06 bits per heavy atom. The summed E-state index contributed by atoms with van der Waals surface area (Å²) in [5.41, 5.74) is 2.82.